The summed E-state index contributed by atoms with van der Waals surface area (Å²) in [7, 11) is 0. The summed E-state index contributed by atoms with van der Waals surface area (Å²) in [6.45, 7) is 6.16. The van der Waals surface area contributed by atoms with Gasteiger partial charge >= 0.3 is 6.09 Å². The van der Waals surface area contributed by atoms with E-state index in [2.05, 4.69) is 70.5 Å². The van der Waals surface area contributed by atoms with Crippen molar-refractivity contribution in [1.29, 1.82) is 0 Å². The van der Waals surface area contributed by atoms with Gasteiger partial charge in [0.1, 0.15) is 17.5 Å². The standard InChI is InChI=1S/C22H22BrN3O2/c1-21(2,3)19(28-20(24)27)22(14-8-10-15(23)11-9-14)17-7-5-4-6-16(17)18-25-12-13-26(18)22/h4-13,19H,1-3H3,(H2,24,27). The molecule has 2 unspecified atom stereocenters. The van der Waals surface area contributed by atoms with Gasteiger partial charge < -0.3 is 15.0 Å². The molecule has 0 saturated heterocycles. The molecule has 0 spiro atoms. The van der Waals surface area contributed by atoms with Crippen LogP contribution < -0.4 is 5.73 Å². The summed E-state index contributed by atoms with van der Waals surface area (Å²) < 4.78 is 8.94. The first-order valence-corrected chi connectivity index (χ1v) is 9.91. The number of amides is 1. The molecule has 0 saturated carbocycles. The normalized spacial score (nSPS) is 19.0. The van der Waals surface area contributed by atoms with Gasteiger partial charge in [-0.15, -0.1) is 0 Å². The van der Waals surface area contributed by atoms with Crippen LogP contribution in [-0.2, 0) is 10.3 Å². The molecule has 0 aliphatic carbocycles. The third-order valence-electron chi connectivity index (χ3n) is 5.28. The molecule has 5 nitrogen and oxygen atoms in total. The molecular formula is C22H22BrN3O2. The first kappa shape index (κ1) is 18.7. The molecule has 3 aromatic rings. The van der Waals surface area contributed by atoms with Gasteiger partial charge in [0.25, 0.3) is 0 Å². The molecule has 2 atom stereocenters. The number of nitrogens with two attached hydrogens (primary N) is 1. The lowest BCUT2D eigenvalue weighted by molar-refractivity contribution is -0.0149. The lowest BCUT2D eigenvalue weighted by Crippen LogP contribution is -2.53. The Morgan fingerprint density at radius 2 is 1.86 bits per heavy atom. The fourth-order valence-corrected chi connectivity index (χ4v) is 4.61. The second kappa shape index (κ2) is 6.48. The van der Waals surface area contributed by atoms with Crippen LogP contribution in [0.5, 0.6) is 0 Å². The Morgan fingerprint density at radius 3 is 2.50 bits per heavy atom. The molecule has 1 aliphatic rings. The second-order valence-electron chi connectivity index (χ2n) is 8.12. The minimum Gasteiger partial charge on any atom is -0.443 e. The number of hydrogen-bond donors (Lipinski definition) is 1. The predicted octanol–water partition coefficient (Wildman–Crippen LogP) is 4.93. The molecular weight excluding hydrogens is 418 g/mol. The first-order valence-electron chi connectivity index (χ1n) is 9.12. The molecule has 0 radical (unpaired) electrons. The van der Waals surface area contributed by atoms with E-state index in [4.69, 9.17) is 10.5 Å². The SMILES string of the molecule is CC(C)(C)C(OC(N)=O)C1(c2ccc(Br)cc2)c2ccccc2-c2nccn21. The van der Waals surface area contributed by atoms with E-state index in [9.17, 15) is 4.79 Å². The highest BCUT2D eigenvalue weighted by atomic mass is 79.9. The summed E-state index contributed by atoms with van der Waals surface area (Å²) in [5, 5.41) is 0. The van der Waals surface area contributed by atoms with Gasteiger partial charge in [-0.2, -0.15) is 0 Å². The van der Waals surface area contributed by atoms with Crippen molar-refractivity contribution in [2.24, 2.45) is 11.1 Å². The summed E-state index contributed by atoms with van der Waals surface area (Å²) in [5.41, 5.74) is 7.43. The van der Waals surface area contributed by atoms with Crippen molar-refractivity contribution in [3.05, 3.63) is 76.5 Å². The Morgan fingerprint density at radius 1 is 1.18 bits per heavy atom. The van der Waals surface area contributed by atoms with Gasteiger partial charge in [-0.3, -0.25) is 0 Å². The number of hydrogen-bond acceptors (Lipinski definition) is 3. The van der Waals surface area contributed by atoms with Crippen LogP contribution in [-0.4, -0.2) is 21.7 Å². The van der Waals surface area contributed by atoms with Crippen molar-refractivity contribution >= 4 is 22.0 Å². The van der Waals surface area contributed by atoms with Crippen LogP contribution in [0.15, 0.2) is 65.4 Å². The molecule has 2 N–H and O–H groups in total. The second-order valence-corrected chi connectivity index (χ2v) is 9.04. The summed E-state index contributed by atoms with van der Waals surface area (Å²) in [6, 6.07) is 16.2. The topological polar surface area (TPSA) is 70.1 Å². The van der Waals surface area contributed by atoms with Crippen molar-refractivity contribution in [3.63, 3.8) is 0 Å². The maximum atomic E-state index is 12.0. The van der Waals surface area contributed by atoms with Gasteiger partial charge in [0.05, 0.1) is 0 Å². The maximum Gasteiger partial charge on any atom is 0.404 e. The van der Waals surface area contributed by atoms with Gasteiger partial charge in [-0.1, -0.05) is 73.1 Å². The van der Waals surface area contributed by atoms with E-state index in [0.29, 0.717) is 0 Å². The molecule has 2 aromatic carbocycles. The van der Waals surface area contributed by atoms with E-state index in [-0.39, 0.29) is 0 Å². The number of benzene rings is 2. The first-order chi connectivity index (χ1) is 13.3. The van der Waals surface area contributed by atoms with E-state index in [0.717, 1.165) is 27.0 Å². The molecule has 2 heterocycles. The molecule has 4 rings (SSSR count). The summed E-state index contributed by atoms with van der Waals surface area (Å²) in [5.74, 6) is 0.848. The average Bonchev–Trinajstić information content (AvgIpc) is 3.20. The van der Waals surface area contributed by atoms with Crippen LogP contribution in [0.4, 0.5) is 4.79 Å². The number of primary amides is 1. The highest BCUT2D eigenvalue weighted by Gasteiger charge is 2.56. The zero-order valence-electron chi connectivity index (χ0n) is 16.0. The van der Waals surface area contributed by atoms with E-state index < -0.39 is 23.2 Å². The van der Waals surface area contributed by atoms with Gasteiger partial charge in [0.2, 0.25) is 0 Å². The van der Waals surface area contributed by atoms with Gasteiger partial charge in [0, 0.05) is 27.8 Å². The minimum absolute atomic E-state index is 0.402. The zero-order valence-corrected chi connectivity index (χ0v) is 17.6. The smallest absolute Gasteiger partial charge is 0.404 e. The predicted molar refractivity (Wildman–Crippen MR) is 112 cm³/mol. The van der Waals surface area contributed by atoms with E-state index >= 15 is 0 Å². The highest BCUT2D eigenvalue weighted by molar-refractivity contribution is 9.10. The Bertz CT molecular complexity index is 1040. The number of aromatic nitrogens is 2. The zero-order chi connectivity index (χ0) is 20.1. The van der Waals surface area contributed by atoms with Crippen LogP contribution in [0.3, 0.4) is 0 Å². The van der Waals surface area contributed by atoms with Gasteiger partial charge in [-0.05, 0) is 23.3 Å². The third kappa shape index (κ3) is 2.66. The highest BCUT2D eigenvalue weighted by Crippen LogP contribution is 2.53. The molecule has 28 heavy (non-hydrogen) atoms. The number of nitrogens with zero attached hydrogens (tertiary/aromatic N) is 2. The Kier molecular flexibility index (Phi) is 4.34. The van der Waals surface area contributed by atoms with Crippen LogP contribution in [0.1, 0.15) is 31.9 Å². The fourth-order valence-electron chi connectivity index (χ4n) is 4.35. The summed E-state index contributed by atoms with van der Waals surface area (Å²) in [4.78, 5) is 16.6. The minimum atomic E-state index is -0.789. The molecule has 1 aromatic heterocycles. The van der Waals surface area contributed by atoms with Crippen LogP contribution in [0.25, 0.3) is 11.4 Å². The number of rotatable bonds is 3. The van der Waals surface area contributed by atoms with E-state index in [1.807, 2.05) is 30.5 Å². The van der Waals surface area contributed by atoms with Crippen molar-refractivity contribution < 1.29 is 9.53 Å². The number of imidazole rings is 1. The van der Waals surface area contributed by atoms with Crippen molar-refractivity contribution in [1.82, 2.24) is 9.55 Å². The maximum absolute atomic E-state index is 12.0. The number of carbonyl (C=O) groups excluding carboxylic acids is 1. The molecule has 6 heteroatoms. The molecule has 144 valence electrons. The van der Waals surface area contributed by atoms with Gasteiger partial charge in [-0.25, -0.2) is 9.78 Å². The van der Waals surface area contributed by atoms with Crippen LogP contribution in [0, 0.1) is 5.41 Å². The Hall–Kier alpha value is -2.60. The van der Waals surface area contributed by atoms with Crippen molar-refractivity contribution in [2.45, 2.75) is 32.4 Å². The monoisotopic (exact) mass is 439 g/mol. The Labute approximate surface area is 172 Å². The number of ether oxygens (including phenoxy) is 1. The molecule has 0 fully saturated rings. The molecule has 1 amide bonds. The summed E-state index contributed by atoms with van der Waals surface area (Å²) in [6.07, 6.45) is 2.38. The quantitative estimate of drug-likeness (QED) is 0.628. The summed E-state index contributed by atoms with van der Waals surface area (Å²) >= 11 is 3.52. The van der Waals surface area contributed by atoms with Crippen molar-refractivity contribution in [2.75, 3.05) is 0 Å². The third-order valence-corrected chi connectivity index (χ3v) is 5.81. The van der Waals surface area contributed by atoms with Crippen molar-refractivity contribution in [3.8, 4) is 11.4 Å². The average molecular weight is 440 g/mol. The number of halogens is 1. The van der Waals surface area contributed by atoms with Crippen LogP contribution >= 0.6 is 15.9 Å². The van der Waals surface area contributed by atoms with Crippen LogP contribution in [0.2, 0.25) is 0 Å². The Balaban J connectivity index is 2.12. The fraction of sp³-hybridized carbons (Fsp3) is 0.273. The number of fused-ring (bicyclic) bond motifs is 3. The lowest BCUT2D eigenvalue weighted by atomic mass is 9.69. The van der Waals surface area contributed by atoms with E-state index in [1.165, 1.54) is 0 Å². The molecule has 1 aliphatic heterocycles. The van der Waals surface area contributed by atoms with Gasteiger partial charge in [0.15, 0.2) is 0 Å². The largest absolute Gasteiger partial charge is 0.443 e. The lowest BCUT2D eigenvalue weighted by Gasteiger charge is -2.45. The molecule has 0 bridgehead atoms. The van der Waals surface area contributed by atoms with E-state index in [1.54, 1.807) is 6.20 Å². The number of carbonyl (C=O) groups is 1.